The maximum atomic E-state index is 11.5. The molecule has 0 radical (unpaired) electrons. The van der Waals surface area contributed by atoms with Crippen LogP contribution in [0.1, 0.15) is 31.7 Å². The van der Waals surface area contributed by atoms with E-state index in [1.54, 1.807) is 6.92 Å². The third-order valence-electron chi connectivity index (χ3n) is 4.06. The quantitative estimate of drug-likeness (QED) is 0.758. The number of amides is 1. The topological polar surface area (TPSA) is 23.6 Å². The molecule has 0 aromatic heterocycles. The van der Waals surface area contributed by atoms with E-state index in [2.05, 4.69) is 23.1 Å². The fraction of sp³-hybridized carbons (Fsp3) is 0.533. The lowest BCUT2D eigenvalue weighted by atomic mass is 10.1. The summed E-state index contributed by atoms with van der Waals surface area (Å²) in [4.78, 5) is 15.9. The largest absolute Gasteiger partial charge is 0.372 e. The molecule has 0 N–H and O–H groups in total. The summed E-state index contributed by atoms with van der Waals surface area (Å²) < 4.78 is 0. The van der Waals surface area contributed by atoms with Gasteiger partial charge in [0.25, 0.3) is 0 Å². The zero-order valence-electron chi connectivity index (χ0n) is 11.0. The minimum atomic E-state index is 0.152. The highest BCUT2D eigenvalue weighted by Crippen LogP contribution is 2.32. The molecule has 3 rings (SSSR count). The van der Waals surface area contributed by atoms with Crippen molar-refractivity contribution in [2.24, 2.45) is 0 Å². The van der Waals surface area contributed by atoms with E-state index in [0.29, 0.717) is 0 Å². The molecule has 1 aromatic carbocycles. The van der Waals surface area contributed by atoms with Gasteiger partial charge < -0.3 is 9.80 Å². The fourth-order valence-electron chi connectivity index (χ4n) is 3.06. The molecule has 0 unspecified atom stereocenters. The number of carbonyl (C=O) groups excluding carboxylic acids is 1. The van der Waals surface area contributed by atoms with Gasteiger partial charge in [0, 0.05) is 37.9 Å². The molecule has 0 spiro atoms. The van der Waals surface area contributed by atoms with Gasteiger partial charge in [-0.15, -0.1) is 0 Å². The standard InChI is InChI=1S/C15H20N2O/c1-12(18)17-10-7-13-11-14(5-6-15(13)17)16-8-3-2-4-9-16/h5-6,11H,2-4,7-10H2,1H3. The SMILES string of the molecule is CC(=O)N1CCc2cc(N3CCCCC3)ccc21. The molecule has 0 atom stereocenters. The van der Waals surface area contributed by atoms with Crippen LogP contribution in [0.25, 0.3) is 0 Å². The molecule has 1 aromatic rings. The lowest BCUT2D eigenvalue weighted by molar-refractivity contribution is -0.116. The van der Waals surface area contributed by atoms with Crippen LogP contribution in [0.15, 0.2) is 18.2 Å². The van der Waals surface area contributed by atoms with E-state index in [-0.39, 0.29) is 5.91 Å². The van der Waals surface area contributed by atoms with Crippen LogP contribution in [0.5, 0.6) is 0 Å². The smallest absolute Gasteiger partial charge is 0.223 e. The van der Waals surface area contributed by atoms with Crippen molar-refractivity contribution in [2.45, 2.75) is 32.6 Å². The molecule has 18 heavy (non-hydrogen) atoms. The van der Waals surface area contributed by atoms with Gasteiger partial charge in [-0.25, -0.2) is 0 Å². The summed E-state index contributed by atoms with van der Waals surface area (Å²) in [5.74, 6) is 0.152. The number of hydrogen-bond donors (Lipinski definition) is 0. The second-order valence-electron chi connectivity index (χ2n) is 5.28. The predicted molar refractivity (Wildman–Crippen MR) is 74.2 cm³/mol. The van der Waals surface area contributed by atoms with Crippen LogP contribution in [0.3, 0.4) is 0 Å². The predicted octanol–water partition coefficient (Wildman–Crippen LogP) is 2.59. The third kappa shape index (κ3) is 1.98. The second kappa shape index (κ2) is 4.63. The molecule has 1 amide bonds. The van der Waals surface area contributed by atoms with Gasteiger partial charge in [-0.2, -0.15) is 0 Å². The highest BCUT2D eigenvalue weighted by molar-refractivity contribution is 5.94. The highest BCUT2D eigenvalue weighted by Gasteiger charge is 2.23. The van der Waals surface area contributed by atoms with Crippen molar-refractivity contribution in [1.29, 1.82) is 0 Å². The van der Waals surface area contributed by atoms with E-state index in [4.69, 9.17) is 0 Å². The van der Waals surface area contributed by atoms with E-state index in [1.807, 2.05) is 4.90 Å². The molecular weight excluding hydrogens is 224 g/mol. The first-order valence-electron chi connectivity index (χ1n) is 6.92. The first-order valence-corrected chi connectivity index (χ1v) is 6.92. The Hall–Kier alpha value is -1.51. The van der Waals surface area contributed by atoms with Crippen LogP contribution in [-0.2, 0) is 11.2 Å². The summed E-state index contributed by atoms with van der Waals surface area (Å²) in [6.07, 6.45) is 4.96. The average molecular weight is 244 g/mol. The van der Waals surface area contributed by atoms with E-state index < -0.39 is 0 Å². The summed E-state index contributed by atoms with van der Waals surface area (Å²) in [6.45, 7) is 4.84. The molecule has 1 fully saturated rings. The van der Waals surface area contributed by atoms with Gasteiger partial charge in [-0.3, -0.25) is 4.79 Å². The maximum absolute atomic E-state index is 11.5. The molecule has 0 aliphatic carbocycles. The van der Waals surface area contributed by atoms with E-state index in [0.717, 1.165) is 18.7 Å². The average Bonchev–Trinajstić information content (AvgIpc) is 2.82. The highest BCUT2D eigenvalue weighted by atomic mass is 16.2. The molecule has 3 heteroatoms. The van der Waals surface area contributed by atoms with Gasteiger partial charge in [-0.05, 0) is 49.4 Å². The van der Waals surface area contributed by atoms with Gasteiger partial charge in [0.05, 0.1) is 0 Å². The van der Waals surface area contributed by atoms with E-state index in [9.17, 15) is 4.79 Å². The Labute approximate surface area is 108 Å². The maximum Gasteiger partial charge on any atom is 0.223 e. The van der Waals surface area contributed by atoms with Crippen molar-refractivity contribution in [3.63, 3.8) is 0 Å². The van der Waals surface area contributed by atoms with Crippen LogP contribution < -0.4 is 9.80 Å². The van der Waals surface area contributed by atoms with Gasteiger partial charge >= 0.3 is 0 Å². The Bertz CT molecular complexity index is 464. The fourth-order valence-corrected chi connectivity index (χ4v) is 3.06. The van der Waals surface area contributed by atoms with Crippen LogP contribution in [0.4, 0.5) is 11.4 Å². The monoisotopic (exact) mass is 244 g/mol. The number of hydrogen-bond acceptors (Lipinski definition) is 2. The molecule has 3 nitrogen and oxygen atoms in total. The Morgan fingerprint density at radius 3 is 2.61 bits per heavy atom. The zero-order chi connectivity index (χ0) is 12.5. The van der Waals surface area contributed by atoms with Crippen molar-refractivity contribution >= 4 is 17.3 Å². The zero-order valence-corrected chi connectivity index (χ0v) is 11.0. The molecule has 2 aliphatic heterocycles. The van der Waals surface area contributed by atoms with Crippen LogP contribution in [0.2, 0.25) is 0 Å². The number of anilines is 2. The van der Waals surface area contributed by atoms with Gasteiger partial charge in [0.15, 0.2) is 0 Å². The van der Waals surface area contributed by atoms with Gasteiger partial charge in [0.2, 0.25) is 5.91 Å². The number of benzene rings is 1. The van der Waals surface area contributed by atoms with Gasteiger partial charge in [-0.1, -0.05) is 0 Å². The Morgan fingerprint density at radius 2 is 1.89 bits per heavy atom. The number of piperidine rings is 1. The van der Waals surface area contributed by atoms with Crippen molar-refractivity contribution in [2.75, 3.05) is 29.4 Å². The summed E-state index contributed by atoms with van der Waals surface area (Å²) in [5, 5.41) is 0. The van der Waals surface area contributed by atoms with E-state index in [1.165, 1.54) is 43.6 Å². The van der Waals surface area contributed by atoms with E-state index >= 15 is 0 Å². The Kier molecular flexibility index (Phi) is 2.98. The number of rotatable bonds is 1. The molecule has 2 heterocycles. The molecule has 1 saturated heterocycles. The van der Waals surface area contributed by atoms with Crippen molar-refractivity contribution in [3.8, 4) is 0 Å². The molecular formula is C15H20N2O. The number of carbonyl (C=O) groups is 1. The Balaban J connectivity index is 1.86. The molecule has 0 bridgehead atoms. The summed E-state index contributed by atoms with van der Waals surface area (Å²) in [5.41, 5.74) is 3.77. The first-order chi connectivity index (χ1) is 8.75. The normalized spacial score (nSPS) is 18.9. The molecule has 96 valence electrons. The third-order valence-corrected chi connectivity index (χ3v) is 4.06. The minimum Gasteiger partial charge on any atom is -0.372 e. The molecule has 2 aliphatic rings. The van der Waals surface area contributed by atoms with Crippen molar-refractivity contribution < 1.29 is 4.79 Å². The summed E-state index contributed by atoms with van der Waals surface area (Å²) >= 11 is 0. The minimum absolute atomic E-state index is 0.152. The first kappa shape index (κ1) is 11.6. The molecule has 0 saturated carbocycles. The lowest BCUT2D eigenvalue weighted by Crippen LogP contribution is -2.29. The summed E-state index contributed by atoms with van der Waals surface area (Å²) in [6, 6.07) is 6.57. The van der Waals surface area contributed by atoms with Gasteiger partial charge in [0.1, 0.15) is 0 Å². The van der Waals surface area contributed by atoms with Crippen LogP contribution in [0, 0.1) is 0 Å². The Morgan fingerprint density at radius 1 is 1.11 bits per heavy atom. The van der Waals surface area contributed by atoms with Crippen LogP contribution >= 0.6 is 0 Å². The number of nitrogens with zero attached hydrogens (tertiary/aromatic N) is 2. The summed E-state index contributed by atoms with van der Waals surface area (Å²) in [7, 11) is 0. The lowest BCUT2D eigenvalue weighted by Gasteiger charge is -2.29. The van der Waals surface area contributed by atoms with Crippen molar-refractivity contribution in [3.05, 3.63) is 23.8 Å². The number of fused-ring (bicyclic) bond motifs is 1. The second-order valence-corrected chi connectivity index (χ2v) is 5.28. The van der Waals surface area contributed by atoms with Crippen molar-refractivity contribution in [1.82, 2.24) is 0 Å². The van der Waals surface area contributed by atoms with Crippen LogP contribution in [-0.4, -0.2) is 25.5 Å².